The van der Waals surface area contributed by atoms with Gasteiger partial charge in [0, 0.05) is 29.5 Å². The van der Waals surface area contributed by atoms with Crippen LogP contribution in [0.25, 0.3) is 10.9 Å². The maximum Gasteiger partial charge on any atom is 0.0705 e. The molecule has 1 atom stereocenters. The molecule has 0 amide bonds. The molecule has 1 aromatic carbocycles. The topological polar surface area (TPSA) is 16.1 Å². The summed E-state index contributed by atoms with van der Waals surface area (Å²) in [6.45, 7) is 2.26. The molecule has 106 valence electrons. The highest BCUT2D eigenvalue weighted by Crippen LogP contribution is 2.23. The van der Waals surface area contributed by atoms with Gasteiger partial charge in [0.05, 0.1) is 5.52 Å². The molecule has 0 spiro atoms. The highest BCUT2D eigenvalue weighted by atomic mass is 79.9. The van der Waals surface area contributed by atoms with Crippen molar-refractivity contribution in [1.82, 2.24) is 9.88 Å². The summed E-state index contributed by atoms with van der Waals surface area (Å²) < 4.78 is 0. The van der Waals surface area contributed by atoms with Crippen LogP contribution in [-0.4, -0.2) is 27.8 Å². The minimum atomic E-state index is 0.671. The second-order valence-electron chi connectivity index (χ2n) is 5.62. The van der Waals surface area contributed by atoms with Gasteiger partial charge in [0.1, 0.15) is 0 Å². The maximum absolute atomic E-state index is 4.46. The summed E-state index contributed by atoms with van der Waals surface area (Å²) in [5, 5.41) is 2.38. The smallest absolute Gasteiger partial charge is 0.0705 e. The molecule has 1 aliphatic rings. The highest BCUT2D eigenvalue weighted by Gasteiger charge is 2.20. The molecule has 3 heteroatoms. The third-order valence-electron chi connectivity index (χ3n) is 4.29. The second-order valence-corrected chi connectivity index (χ2v) is 6.26. The second kappa shape index (κ2) is 6.68. The first kappa shape index (κ1) is 14.0. The molecule has 1 fully saturated rings. The van der Waals surface area contributed by atoms with Gasteiger partial charge in [0.15, 0.2) is 0 Å². The predicted octanol–water partition coefficient (Wildman–Crippen LogP) is 4.37. The molecule has 1 aromatic heterocycles. The third kappa shape index (κ3) is 3.04. The Bertz CT molecular complexity index is 564. The Labute approximate surface area is 129 Å². The van der Waals surface area contributed by atoms with E-state index in [9.17, 15) is 0 Å². The number of fused-ring (bicyclic) bond motifs is 1. The zero-order valence-corrected chi connectivity index (χ0v) is 13.3. The summed E-state index contributed by atoms with van der Waals surface area (Å²) in [4.78, 5) is 7.11. The van der Waals surface area contributed by atoms with Crippen molar-refractivity contribution in [2.75, 3.05) is 11.9 Å². The molecule has 2 heterocycles. The molecule has 1 unspecified atom stereocenters. The molecule has 1 saturated heterocycles. The van der Waals surface area contributed by atoms with Crippen molar-refractivity contribution in [2.24, 2.45) is 0 Å². The number of aromatic nitrogens is 1. The Kier molecular flexibility index (Phi) is 4.69. The van der Waals surface area contributed by atoms with Crippen LogP contribution in [0, 0.1) is 0 Å². The minimum Gasteiger partial charge on any atom is -0.295 e. The van der Waals surface area contributed by atoms with Gasteiger partial charge >= 0.3 is 0 Å². The number of alkyl halides is 1. The number of hydrogen-bond donors (Lipinski definition) is 0. The van der Waals surface area contributed by atoms with Crippen LogP contribution in [-0.2, 0) is 6.54 Å². The Morgan fingerprint density at radius 2 is 2.05 bits per heavy atom. The Morgan fingerprint density at radius 3 is 2.95 bits per heavy atom. The van der Waals surface area contributed by atoms with E-state index in [1.807, 2.05) is 6.20 Å². The van der Waals surface area contributed by atoms with Crippen LogP contribution in [0.2, 0.25) is 0 Å². The van der Waals surface area contributed by atoms with Crippen molar-refractivity contribution in [3.05, 3.63) is 42.1 Å². The first-order valence-electron chi connectivity index (χ1n) is 7.51. The fourth-order valence-electron chi connectivity index (χ4n) is 3.13. The van der Waals surface area contributed by atoms with Gasteiger partial charge in [-0.3, -0.25) is 9.88 Å². The fraction of sp³-hybridized carbons (Fsp3) is 0.471. The summed E-state index contributed by atoms with van der Waals surface area (Å²) in [6.07, 6.45) is 7.32. The van der Waals surface area contributed by atoms with Gasteiger partial charge in [-0.2, -0.15) is 0 Å². The van der Waals surface area contributed by atoms with E-state index in [2.05, 4.69) is 56.1 Å². The molecular weight excluding hydrogens is 312 g/mol. The quantitative estimate of drug-likeness (QED) is 0.775. The molecule has 0 radical (unpaired) electrons. The maximum atomic E-state index is 4.46. The predicted molar refractivity (Wildman–Crippen MR) is 88.2 cm³/mol. The zero-order chi connectivity index (χ0) is 13.8. The number of para-hydroxylation sites is 1. The monoisotopic (exact) mass is 332 g/mol. The molecule has 0 aliphatic carbocycles. The van der Waals surface area contributed by atoms with Crippen LogP contribution in [0.5, 0.6) is 0 Å². The van der Waals surface area contributed by atoms with Crippen LogP contribution in [0.1, 0.15) is 31.2 Å². The van der Waals surface area contributed by atoms with Crippen molar-refractivity contribution in [1.29, 1.82) is 0 Å². The van der Waals surface area contributed by atoms with Gasteiger partial charge in [0.2, 0.25) is 0 Å². The number of halogens is 1. The number of rotatable bonds is 3. The van der Waals surface area contributed by atoms with E-state index in [-0.39, 0.29) is 0 Å². The Balaban J connectivity index is 1.87. The van der Waals surface area contributed by atoms with Gasteiger partial charge < -0.3 is 0 Å². The van der Waals surface area contributed by atoms with Gasteiger partial charge in [0.25, 0.3) is 0 Å². The first-order valence-corrected chi connectivity index (χ1v) is 8.63. The van der Waals surface area contributed by atoms with Crippen LogP contribution in [0.4, 0.5) is 0 Å². The van der Waals surface area contributed by atoms with E-state index in [1.165, 1.54) is 43.2 Å². The van der Waals surface area contributed by atoms with Crippen molar-refractivity contribution in [2.45, 2.75) is 38.3 Å². The summed E-state index contributed by atoms with van der Waals surface area (Å²) in [5.41, 5.74) is 2.51. The van der Waals surface area contributed by atoms with Crippen molar-refractivity contribution < 1.29 is 0 Å². The minimum absolute atomic E-state index is 0.671. The average molecular weight is 333 g/mol. The number of pyridine rings is 1. The van der Waals surface area contributed by atoms with Crippen molar-refractivity contribution in [3.8, 4) is 0 Å². The number of benzene rings is 1. The van der Waals surface area contributed by atoms with Gasteiger partial charge in [-0.15, -0.1) is 0 Å². The van der Waals surface area contributed by atoms with Crippen molar-refractivity contribution in [3.63, 3.8) is 0 Å². The van der Waals surface area contributed by atoms with E-state index in [0.717, 1.165) is 17.4 Å². The Hall–Kier alpha value is -0.930. The van der Waals surface area contributed by atoms with E-state index in [4.69, 9.17) is 0 Å². The van der Waals surface area contributed by atoms with Crippen molar-refractivity contribution >= 4 is 26.8 Å². The largest absolute Gasteiger partial charge is 0.295 e. The van der Waals surface area contributed by atoms with Crippen LogP contribution in [0.3, 0.4) is 0 Å². The molecule has 20 heavy (non-hydrogen) atoms. The normalized spacial score (nSPS) is 20.9. The first-order chi connectivity index (χ1) is 9.88. The molecular formula is C17H21BrN2. The molecule has 0 N–H and O–H groups in total. The molecule has 2 aromatic rings. The van der Waals surface area contributed by atoms with E-state index in [1.54, 1.807) is 0 Å². The summed E-state index contributed by atoms with van der Waals surface area (Å²) in [5.74, 6) is 0. The number of likely N-dealkylation sites (tertiary alicyclic amines) is 1. The summed E-state index contributed by atoms with van der Waals surface area (Å²) >= 11 is 3.70. The molecule has 2 nitrogen and oxygen atoms in total. The van der Waals surface area contributed by atoms with Crippen LogP contribution >= 0.6 is 15.9 Å². The average Bonchev–Trinajstić information content (AvgIpc) is 2.72. The molecule has 0 saturated carbocycles. The SMILES string of the molecule is BrCC1CCCCCN1Cc1ccnc2ccccc12. The van der Waals surface area contributed by atoms with Gasteiger partial charge in [-0.25, -0.2) is 0 Å². The molecule has 3 rings (SSSR count). The summed E-state index contributed by atoms with van der Waals surface area (Å²) in [7, 11) is 0. The van der Waals surface area contributed by atoms with E-state index >= 15 is 0 Å². The van der Waals surface area contributed by atoms with Crippen LogP contribution < -0.4 is 0 Å². The zero-order valence-electron chi connectivity index (χ0n) is 11.8. The third-order valence-corrected chi connectivity index (χ3v) is 5.04. The molecule has 1 aliphatic heterocycles. The fourth-order valence-corrected chi connectivity index (χ4v) is 3.86. The highest BCUT2D eigenvalue weighted by molar-refractivity contribution is 9.09. The van der Waals surface area contributed by atoms with Gasteiger partial charge in [-0.1, -0.05) is 47.0 Å². The lowest BCUT2D eigenvalue weighted by Crippen LogP contribution is -2.35. The number of nitrogens with zero attached hydrogens (tertiary/aromatic N) is 2. The van der Waals surface area contributed by atoms with Gasteiger partial charge in [-0.05, 0) is 37.1 Å². The van der Waals surface area contributed by atoms with E-state index in [0.29, 0.717) is 6.04 Å². The standard InChI is InChI=1S/C17H21BrN2/c18-12-15-6-2-1-5-11-20(15)13-14-9-10-19-17-8-4-3-7-16(14)17/h3-4,7-10,15H,1-2,5-6,11-13H2. The molecule has 0 bridgehead atoms. The lowest BCUT2D eigenvalue weighted by atomic mass is 10.1. The lowest BCUT2D eigenvalue weighted by Gasteiger charge is -2.28. The number of hydrogen-bond acceptors (Lipinski definition) is 2. The lowest BCUT2D eigenvalue weighted by molar-refractivity contribution is 0.210. The Morgan fingerprint density at radius 1 is 1.15 bits per heavy atom. The van der Waals surface area contributed by atoms with Crippen LogP contribution in [0.15, 0.2) is 36.5 Å². The summed E-state index contributed by atoms with van der Waals surface area (Å²) in [6, 6.07) is 11.3. The van der Waals surface area contributed by atoms with E-state index < -0.39 is 0 Å².